The molecule has 0 spiro atoms. The molecule has 0 radical (unpaired) electrons. The number of rotatable bonds is 0. The smallest absolute Gasteiger partial charge is 0.0324 e. The van der Waals surface area contributed by atoms with Gasteiger partial charge in [-0.2, -0.15) is 0 Å². The van der Waals surface area contributed by atoms with E-state index in [-0.39, 0.29) is 0 Å². The summed E-state index contributed by atoms with van der Waals surface area (Å²) in [6.07, 6.45) is 0. The zero-order valence-corrected chi connectivity index (χ0v) is 2.89. The van der Waals surface area contributed by atoms with E-state index in [0.717, 1.165) is 0 Å². The zero-order valence-electron chi connectivity index (χ0n) is 2.07. The lowest BCUT2D eigenvalue weighted by Gasteiger charge is -1.41. The Morgan fingerprint density at radius 3 is 1.40 bits per heavy atom. The molecular weight excluding hydrogens is 100 g/mol. The molecule has 5 heteroatoms. The Kier molecular flexibility index (Phi) is 77.7. The molecule has 0 heterocycles. The SMILES string of the molecule is FOF.N=S. The maximum Gasteiger partial charge on any atom is 0.0324 e. The molecule has 0 saturated heterocycles. The first-order valence-electron chi connectivity index (χ1n) is 0.513. The lowest BCUT2D eigenvalue weighted by Crippen LogP contribution is -1.26. The number of nitrogens with one attached hydrogen (secondary N) is 1. The first kappa shape index (κ1) is 8.85. The molecule has 0 atom stereocenters. The first-order chi connectivity index (χ1) is 2.41. The van der Waals surface area contributed by atoms with E-state index in [4.69, 9.17) is 13.8 Å². The van der Waals surface area contributed by atoms with Gasteiger partial charge in [-0.25, -0.2) is 4.78 Å². The van der Waals surface area contributed by atoms with Crippen LogP contribution >= 0.6 is 0 Å². The van der Waals surface area contributed by atoms with Crippen LogP contribution in [0.15, 0.2) is 0 Å². The van der Waals surface area contributed by atoms with Gasteiger partial charge < -0.3 is 0 Å². The zero-order chi connectivity index (χ0) is 4.71. The van der Waals surface area contributed by atoms with Gasteiger partial charge in [-0.1, -0.05) is 0 Å². The fourth-order valence-electron chi connectivity index (χ4n) is 0. The molecule has 0 rings (SSSR count). The molecule has 0 aromatic heterocycles. The molecular formula is HF2NOS. The predicted molar refractivity (Wildman–Crippen MR) is 13.4 cm³/mol. The Morgan fingerprint density at radius 1 is 1.40 bits per heavy atom. The van der Waals surface area contributed by atoms with Gasteiger partial charge in [0.1, 0.15) is 0 Å². The van der Waals surface area contributed by atoms with Crippen molar-refractivity contribution < 1.29 is 14.2 Å². The second-order valence-electron chi connectivity index (χ2n) is 0.0583. The molecule has 0 aliphatic heterocycles. The van der Waals surface area contributed by atoms with Crippen LogP contribution < -0.4 is 0 Å². The second-order valence-corrected chi connectivity index (χ2v) is 0.0583. The molecule has 0 saturated carbocycles. The van der Waals surface area contributed by atoms with Crippen molar-refractivity contribution in [3.8, 4) is 0 Å². The van der Waals surface area contributed by atoms with E-state index in [1.807, 2.05) is 0 Å². The molecule has 0 fully saturated rings. The highest BCUT2D eigenvalue weighted by Gasteiger charge is 1.42. The molecule has 0 aromatic carbocycles. The topological polar surface area (TPSA) is 33.1 Å². The van der Waals surface area contributed by atoms with Crippen molar-refractivity contribution in [2.24, 2.45) is 0 Å². The summed E-state index contributed by atoms with van der Waals surface area (Å²) in [6.45, 7) is 0. The minimum absolute atomic E-state index is 1.25. The third-order valence-corrected chi connectivity index (χ3v) is 0. The molecule has 0 amide bonds. The van der Waals surface area contributed by atoms with E-state index < -0.39 is 0 Å². The Hall–Kier alpha value is -0.160. The molecule has 5 heavy (non-hydrogen) atoms. The van der Waals surface area contributed by atoms with E-state index in [0.29, 0.717) is 0 Å². The third-order valence-electron chi connectivity index (χ3n) is 0. The van der Waals surface area contributed by atoms with Crippen LogP contribution in [0.1, 0.15) is 0 Å². The van der Waals surface area contributed by atoms with Gasteiger partial charge in [0.15, 0.2) is 0 Å². The lowest BCUT2D eigenvalue weighted by atomic mass is 14.0. The molecule has 0 unspecified atom stereocenters. The van der Waals surface area contributed by atoms with Gasteiger partial charge >= 0.3 is 0 Å². The highest BCUT2D eigenvalue weighted by Crippen LogP contribution is 1.61. The largest absolute Gasteiger partial charge is 0.235 e. The van der Waals surface area contributed by atoms with E-state index in [2.05, 4.69) is 12.4 Å². The number of halogens is 2. The van der Waals surface area contributed by atoms with Crippen molar-refractivity contribution in [1.82, 2.24) is 0 Å². The summed E-state index contributed by atoms with van der Waals surface area (Å²) < 4.78 is 23.6. The first-order valence-corrected chi connectivity index (χ1v) is 0.921. The van der Waals surface area contributed by atoms with Crippen LogP contribution in [0.3, 0.4) is 0 Å². The van der Waals surface area contributed by atoms with Crippen LogP contribution in [0.25, 0.3) is 0 Å². The van der Waals surface area contributed by atoms with Crippen LogP contribution in [0.4, 0.5) is 9.05 Å². The average molecular weight is 101 g/mol. The van der Waals surface area contributed by atoms with Gasteiger partial charge in [-0.05, 0) is 9.05 Å². The van der Waals surface area contributed by atoms with Gasteiger partial charge in [0.05, 0.1) is 0 Å². The van der Waals surface area contributed by atoms with Gasteiger partial charge in [0.2, 0.25) is 0 Å². The lowest BCUT2D eigenvalue weighted by molar-refractivity contribution is -0.317. The standard InChI is InChI=1S/F2O.HNS/c1-3-2;1-2/h;1H. The van der Waals surface area contributed by atoms with Crippen LogP contribution in [-0.2, 0) is 17.6 Å². The summed E-state index contributed by atoms with van der Waals surface area (Å²) in [5.41, 5.74) is 0. The molecule has 2 nitrogen and oxygen atoms in total. The van der Waals surface area contributed by atoms with Crippen LogP contribution in [0.5, 0.6) is 0 Å². The van der Waals surface area contributed by atoms with Crippen LogP contribution in [0.2, 0.25) is 0 Å². The Labute approximate surface area is 32.5 Å². The summed E-state index contributed by atoms with van der Waals surface area (Å²) in [4.78, 5) is 0. The van der Waals surface area contributed by atoms with Crippen molar-refractivity contribution in [3.63, 3.8) is 0 Å². The average Bonchev–Trinajstić information content (AvgIpc) is 1.46. The minimum Gasteiger partial charge on any atom is -0.235 e. The number of hydrogen-bond donors (Lipinski definition) is 1. The summed E-state index contributed by atoms with van der Waals surface area (Å²) in [6, 6.07) is 0. The summed E-state index contributed by atoms with van der Waals surface area (Å²) in [5, 5.41) is 1.25. The van der Waals surface area contributed by atoms with Gasteiger partial charge in [-0.3, -0.25) is 0 Å². The summed E-state index contributed by atoms with van der Waals surface area (Å²) in [5.74, 6) is 0. The van der Waals surface area contributed by atoms with Crippen molar-refractivity contribution >= 4 is 12.4 Å². The van der Waals surface area contributed by atoms with Crippen LogP contribution in [-0.4, -0.2) is 0 Å². The van der Waals surface area contributed by atoms with Crippen molar-refractivity contribution in [2.75, 3.05) is 0 Å². The van der Waals surface area contributed by atoms with Crippen molar-refractivity contribution in [1.29, 1.82) is 4.78 Å². The second kappa shape index (κ2) is 43.9. The molecule has 1 N–H and O–H groups in total. The maximum atomic E-state index is 9.12. The van der Waals surface area contributed by atoms with Gasteiger partial charge in [0, 0.05) is 17.6 Å². The normalized spacial score (nSPS) is 4.40. The molecule has 0 aliphatic carbocycles. The Morgan fingerprint density at radius 2 is 1.40 bits per heavy atom. The van der Waals surface area contributed by atoms with E-state index in [1.165, 1.54) is 5.15 Å². The van der Waals surface area contributed by atoms with Crippen molar-refractivity contribution in [3.05, 3.63) is 0 Å². The highest BCUT2D eigenvalue weighted by molar-refractivity contribution is 7.45. The van der Waals surface area contributed by atoms with E-state index in [9.17, 15) is 0 Å². The quantitative estimate of drug-likeness (QED) is 0.495. The molecule has 0 bridgehead atoms. The van der Waals surface area contributed by atoms with Gasteiger partial charge in [0.25, 0.3) is 0 Å². The minimum atomic E-state index is 1.25. The van der Waals surface area contributed by atoms with E-state index >= 15 is 0 Å². The maximum absolute atomic E-state index is 9.12. The fraction of sp³-hybridized carbons (Fsp3) is 0. The fourth-order valence-corrected chi connectivity index (χ4v) is 0. The van der Waals surface area contributed by atoms with Crippen molar-refractivity contribution in [2.45, 2.75) is 0 Å². The third kappa shape index (κ3) is 508. The van der Waals surface area contributed by atoms with Crippen LogP contribution in [0, 0.1) is 4.78 Å². The number of hydrogen-bond acceptors (Lipinski definition) is 3. The summed E-state index contributed by atoms with van der Waals surface area (Å²) in [7, 11) is 0. The highest BCUT2D eigenvalue weighted by atomic mass is 32.1. The molecule has 0 aliphatic rings. The summed E-state index contributed by atoms with van der Waals surface area (Å²) >= 11 is 3.33. The monoisotopic (exact) mass is 101 g/mol. The van der Waals surface area contributed by atoms with E-state index in [1.54, 1.807) is 0 Å². The van der Waals surface area contributed by atoms with Gasteiger partial charge in [-0.15, -0.1) is 0 Å². The molecule has 0 aromatic rings. The Balaban J connectivity index is 0. The Bertz CT molecular complexity index is 13.6. The molecule has 32 valence electrons. The predicted octanol–water partition coefficient (Wildman–Crippen LogP) is 1.07.